The van der Waals surface area contributed by atoms with Crippen molar-refractivity contribution in [3.8, 4) is 0 Å². The highest BCUT2D eigenvalue weighted by Crippen LogP contribution is 2.36. The topological polar surface area (TPSA) is 116 Å². The first-order valence-corrected chi connectivity index (χ1v) is 18.0. The molecule has 0 bridgehead atoms. The van der Waals surface area contributed by atoms with Gasteiger partial charge in [0.05, 0.1) is 18.8 Å². The van der Waals surface area contributed by atoms with Gasteiger partial charge in [-0.25, -0.2) is 4.57 Å². The van der Waals surface area contributed by atoms with Gasteiger partial charge in [0.2, 0.25) is 5.91 Å². The average Bonchev–Trinajstić information content (AvgIpc) is 2.89. The second-order valence-corrected chi connectivity index (χ2v) is 12.7. The van der Waals surface area contributed by atoms with Crippen LogP contribution in [0.5, 0.6) is 0 Å². The highest BCUT2D eigenvalue weighted by molar-refractivity contribution is 7.46. The quantitative estimate of drug-likeness (QED) is 0.0501. The number of aliphatic hydroxyl groups is 1. The van der Waals surface area contributed by atoms with E-state index >= 15 is 0 Å². The van der Waals surface area contributed by atoms with Crippen molar-refractivity contribution < 1.29 is 28.8 Å². The molecule has 2 atom stereocenters. The summed E-state index contributed by atoms with van der Waals surface area (Å²) in [6.07, 6.45) is 28.0. The number of hydrogen-bond donors (Lipinski definition) is 4. The molecule has 234 valence electrons. The van der Waals surface area contributed by atoms with Gasteiger partial charge < -0.3 is 20.2 Å². The molecule has 0 radical (unpaired) electrons. The van der Waals surface area contributed by atoms with E-state index < -0.39 is 26.6 Å². The van der Waals surface area contributed by atoms with E-state index in [1.54, 1.807) is 0 Å². The van der Waals surface area contributed by atoms with Crippen molar-refractivity contribution in [1.29, 1.82) is 0 Å². The maximum atomic E-state index is 12.4. The summed E-state index contributed by atoms with van der Waals surface area (Å²) in [5.74, 6) is -0.198. The molecule has 7 nitrogen and oxygen atoms in total. The fraction of sp³-hybridized carbons (Fsp3) is 0.968. The van der Waals surface area contributed by atoms with Gasteiger partial charge in [0.25, 0.3) is 0 Å². The molecule has 0 rings (SSSR count). The largest absolute Gasteiger partial charge is 0.469 e. The molecule has 0 fully saturated rings. The van der Waals surface area contributed by atoms with Crippen LogP contribution in [0.25, 0.3) is 0 Å². The molecule has 1 amide bonds. The number of unbranched alkanes of at least 4 members (excludes halogenated alkanes) is 21. The smallest absolute Gasteiger partial charge is 0.391 e. The Balaban J connectivity index is 3.98. The summed E-state index contributed by atoms with van der Waals surface area (Å²) in [5, 5.41) is 13.4. The molecule has 0 aliphatic carbocycles. The van der Waals surface area contributed by atoms with E-state index in [9.17, 15) is 14.5 Å². The van der Waals surface area contributed by atoms with Crippen LogP contribution < -0.4 is 5.32 Å². The van der Waals surface area contributed by atoms with Gasteiger partial charge in [-0.05, 0) is 12.8 Å². The molecule has 0 aromatic carbocycles. The first kappa shape index (κ1) is 38.5. The first-order valence-electron chi connectivity index (χ1n) is 16.5. The summed E-state index contributed by atoms with van der Waals surface area (Å²) in [6.45, 7) is 4.07. The van der Waals surface area contributed by atoms with Crippen molar-refractivity contribution in [2.24, 2.45) is 0 Å². The Hall–Kier alpha value is -0.460. The van der Waals surface area contributed by atoms with Crippen molar-refractivity contribution in [2.75, 3.05) is 6.61 Å². The Morgan fingerprint density at radius 1 is 0.641 bits per heavy atom. The standard InChI is InChI=1S/C31H64NO6P/c1-3-5-7-9-11-13-14-15-16-17-18-19-20-22-24-26-30(33)29(28-38-39(35,36)37)32-31(34)27-25-23-21-12-10-8-6-4-2/h29-30,33H,3-28H2,1-2H3,(H,32,34)(H2,35,36,37)/t29-,30+/m0/s1. The molecule has 0 spiro atoms. The fourth-order valence-corrected chi connectivity index (χ4v) is 5.41. The number of nitrogens with one attached hydrogen (secondary N) is 1. The molecule has 0 aliphatic heterocycles. The zero-order valence-electron chi connectivity index (χ0n) is 25.6. The van der Waals surface area contributed by atoms with E-state index in [0.29, 0.717) is 12.8 Å². The average molecular weight is 578 g/mol. The highest BCUT2D eigenvalue weighted by atomic mass is 31.2. The van der Waals surface area contributed by atoms with Crippen LogP contribution >= 0.6 is 7.82 Å². The predicted octanol–water partition coefficient (Wildman–Crippen LogP) is 8.73. The van der Waals surface area contributed by atoms with Crippen molar-refractivity contribution in [1.82, 2.24) is 5.32 Å². The van der Waals surface area contributed by atoms with E-state index in [-0.39, 0.29) is 5.91 Å². The van der Waals surface area contributed by atoms with Crippen LogP contribution in [0.15, 0.2) is 0 Å². The maximum absolute atomic E-state index is 12.4. The van der Waals surface area contributed by atoms with Crippen LogP contribution in [0.1, 0.15) is 174 Å². The van der Waals surface area contributed by atoms with Crippen LogP contribution in [0.2, 0.25) is 0 Å². The van der Waals surface area contributed by atoms with Gasteiger partial charge in [-0.2, -0.15) is 0 Å². The minimum atomic E-state index is -4.67. The van der Waals surface area contributed by atoms with Crippen LogP contribution in [0.4, 0.5) is 0 Å². The zero-order chi connectivity index (χ0) is 29.0. The summed E-state index contributed by atoms with van der Waals surface area (Å²) >= 11 is 0. The van der Waals surface area contributed by atoms with Crippen LogP contribution in [0, 0.1) is 0 Å². The van der Waals surface area contributed by atoms with E-state index in [0.717, 1.165) is 38.5 Å². The van der Waals surface area contributed by atoms with Gasteiger partial charge in [0.1, 0.15) is 0 Å². The van der Waals surface area contributed by atoms with Gasteiger partial charge >= 0.3 is 7.82 Å². The zero-order valence-corrected chi connectivity index (χ0v) is 26.4. The van der Waals surface area contributed by atoms with Gasteiger partial charge in [-0.15, -0.1) is 0 Å². The summed E-state index contributed by atoms with van der Waals surface area (Å²) < 4.78 is 15.8. The number of amides is 1. The Morgan fingerprint density at radius 3 is 1.38 bits per heavy atom. The van der Waals surface area contributed by atoms with E-state index in [2.05, 4.69) is 23.7 Å². The maximum Gasteiger partial charge on any atom is 0.469 e. The van der Waals surface area contributed by atoms with E-state index in [1.165, 1.54) is 109 Å². The summed E-state index contributed by atoms with van der Waals surface area (Å²) in [5.41, 5.74) is 0. The van der Waals surface area contributed by atoms with Gasteiger partial charge in [-0.3, -0.25) is 9.32 Å². The second kappa shape index (κ2) is 27.7. The minimum Gasteiger partial charge on any atom is -0.391 e. The number of phosphoric ester groups is 1. The molecular formula is C31H64NO6P. The SMILES string of the molecule is CCCCCCCCCCCCCCCCC[C@@H](O)[C@H](COP(=O)(O)O)NC(=O)CCCCCCCCCC. The van der Waals surface area contributed by atoms with Gasteiger partial charge in [0, 0.05) is 6.42 Å². The molecule has 0 heterocycles. The third-order valence-electron chi connectivity index (χ3n) is 7.59. The molecule has 0 aliphatic rings. The monoisotopic (exact) mass is 577 g/mol. The summed E-state index contributed by atoms with van der Waals surface area (Å²) in [4.78, 5) is 30.5. The van der Waals surface area contributed by atoms with Crippen molar-refractivity contribution in [2.45, 2.75) is 187 Å². The fourth-order valence-electron chi connectivity index (χ4n) is 5.05. The highest BCUT2D eigenvalue weighted by Gasteiger charge is 2.25. The number of aliphatic hydroxyl groups excluding tert-OH is 1. The molecule has 0 saturated heterocycles. The summed E-state index contributed by atoms with van der Waals surface area (Å²) in [7, 11) is -4.67. The minimum absolute atomic E-state index is 0.198. The van der Waals surface area contributed by atoms with Gasteiger partial charge in [-0.1, -0.05) is 155 Å². The molecule has 8 heteroatoms. The lowest BCUT2D eigenvalue weighted by molar-refractivity contribution is -0.123. The molecule has 0 unspecified atom stereocenters. The molecule has 0 aromatic rings. The van der Waals surface area contributed by atoms with Crippen LogP contribution in [-0.4, -0.2) is 39.6 Å². The number of carbonyl (C=O) groups is 1. The molecule has 39 heavy (non-hydrogen) atoms. The lowest BCUT2D eigenvalue weighted by Gasteiger charge is -2.24. The summed E-state index contributed by atoms with van der Waals surface area (Å²) in [6, 6.07) is -0.814. The predicted molar refractivity (Wildman–Crippen MR) is 163 cm³/mol. The second-order valence-electron chi connectivity index (χ2n) is 11.5. The number of rotatable bonds is 30. The van der Waals surface area contributed by atoms with E-state index in [4.69, 9.17) is 9.79 Å². The van der Waals surface area contributed by atoms with Gasteiger partial charge in [0.15, 0.2) is 0 Å². The molecular weight excluding hydrogens is 513 g/mol. The molecule has 4 N–H and O–H groups in total. The van der Waals surface area contributed by atoms with Crippen LogP contribution in [-0.2, 0) is 13.9 Å². The molecule has 0 aromatic heterocycles. The lowest BCUT2D eigenvalue weighted by atomic mass is 10.0. The Kier molecular flexibility index (Phi) is 27.4. The lowest BCUT2D eigenvalue weighted by Crippen LogP contribution is -2.46. The van der Waals surface area contributed by atoms with E-state index in [1.807, 2.05) is 0 Å². The number of carbonyl (C=O) groups excluding carboxylic acids is 1. The third kappa shape index (κ3) is 28.9. The third-order valence-corrected chi connectivity index (χ3v) is 8.08. The Labute approximate surface area is 240 Å². The number of phosphoric acid groups is 1. The Bertz CT molecular complexity index is 585. The van der Waals surface area contributed by atoms with Crippen LogP contribution in [0.3, 0.4) is 0 Å². The molecule has 0 saturated carbocycles. The van der Waals surface area contributed by atoms with Crippen molar-refractivity contribution in [3.05, 3.63) is 0 Å². The number of hydrogen-bond acceptors (Lipinski definition) is 4. The first-order chi connectivity index (χ1) is 18.8. The normalized spacial score (nSPS) is 13.5. The van der Waals surface area contributed by atoms with Crippen molar-refractivity contribution >= 4 is 13.7 Å². The Morgan fingerprint density at radius 2 is 1.00 bits per heavy atom. The van der Waals surface area contributed by atoms with Crippen molar-refractivity contribution in [3.63, 3.8) is 0 Å².